The van der Waals surface area contributed by atoms with Crippen molar-refractivity contribution >= 4 is 23.5 Å². The third-order valence-corrected chi connectivity index (χ3v) is 3.18. The monoisotopic (exact) mass is 332 g/mol. The first kappa shape index (κ1) is 17.5. The van der Waals surface area contributed by atoms with E-state index in [-0.39, 0.29) is 11.5 Å². The minimum atomic E-state index is -1.26. The molecule has 7 nitrogen and oxygen atoms in total. The van der Waals surface area contributed by atoms with Gasteiger partial charge in [0.2, 0.25) is 0 Å². The Morgan fingerprint density at radius 2 is 1.71 bits per heavy atom. The Morgan fingerprint density at radius 3 is 2.25 bits per heavy atom. The second-order valence-corrected chi connectivity index (χ2v) is 5.71. The largest absolute Gasteiger partial charge is 0.419 e. The number of amides is 1. The summed E-state index contributed by atoms with van der Waals surface area (Å²) >= 11 is 0. The van der Waals surface area contributed by atoms with Crippen LogP contribution in [0.5, 0.6) is 0 Å². The molecule has 0 unspecified atom stereocenters. The number of anilines is 1. The summed E-state index contributed by atoms with van der Waals surface area (Å²) in [6.07, 6.45) is 2.09. The van der Waals surface area contributed by atoms with Crippen molar-refractivity contribution in [3.8, 4) is 0 Å². The highest BCUT2D eigenvalue weighted by Gasteiger charge is 2.38. The van der Waals surface area contributed by atoms with Crippen molar-refractivity contribution in [3.05, 3.63) is 41.6 Å². The van der Waals surface area contributed by atoms with E-state index < -0.39 is 17.7 Å². The zero-order valence-corrected chi connectivity index (χ0v) is 13.8. The van der Waals surface area contributed by atoms with Crippen LogP contribution in [0.4, 0.5) is 5.69 Å². The fraction of sp³-hybridized carbons (Fsp3) is 0.353. The minimum Gasteiger partial charge on any atom is -0.419 e. The summed E-state index contributed by atoms with van der Waals surface area (Å²) in [4.78, 5) is 35.4. The zero-order chi connectivity index (χ0) is 17.7. The molecule has 24 heavy (non-hydrogen) atoms. The van der Waals surface area contributed by atoms with Crippen LogP contribution in [0.3, 0.4) is 0 Å². The van der Waals surface area contributed by atoms with Crippen LogP contribution in [0, 0.1) is 0 Å². The van der Waals surface area contributed by atoms with Gasteiger partial charge in [0.25, 0.3) is 11.7 Å². The van der Waals surface area contributed by atoms with Crippen LogP contribution in [0.25, 0.3) is 0 Å². The van der Waals surface area contributed by atoms with Gasteiger partial charge in [0, 0.05) is 37.8 Å². The molecule has 0 aliphatic carbocycles. The highest BCUT2D eigenvalue weighted by atomic mass is 16.7. The van der Waals surface area contributed by atoms with Gasteiger partial charge in [0.1, 0.15) is 0 Å². The van der Waals surface area contributed by atoms with Gasteiger partial charge in [-0.05, 0) is 30.7 Å². The van der Waals surface area contributed by atoms with Gasteiger partial charge >= 0.3 is 11.9 Å². The predicted molar refractivity (Wildman–Crippen MR) is 87.0 cm³/mol. The lowest BCUT2D eigenvalue weighted by Crippen LogP contribution is -2.42. The molecule has 0 bridgehead atoms. The zero-order valence-electron chi connectivity index (χ0n) is 13.8. The molecule has 1 fully saturated rings. The average molecular weight is 332 g/mol. The van der Waals surface area contributed by atoms with Crippen LogP contribution in [-0.4, -0.2) is 30.2 Å². The van der Waals surface area contributed by atoms with Crippen molar-refractivity contribution in [1.29, 1.82) is 0 Å². The van der Waals surface area contributed by atoms with E-state index in [2.05, 4.69) is 10.6 Å². The van der Waals surface area contributed by atoms with E-state index in [4.69, 9.17) is 9.47 Å². The maximum Gasteiger partial charge on any atom is 0.350 e. The molecule has 1 heterocycles. The molecule has 1 aliphatic rings. The van der Waals surface area contributed by atoms with Gasteiger partial charge in [-0.3, -0.25) is 4.79 Å². The molecule has 0 spiro atoms. The van der Waals surface area contributed by atoms with Crippen LogP contribution in [-0.2, 0) is 19.1 Å². The van der Waals surface area contributed by atoms with Crippen molar-refractivity contribution in [2.45, 2.75) is 33.0 Å². The molecule has 0 saturated carbocycles. The number of carbonyl (C=O) groups excluding carboxylic acids is 3. The van der Waals surface area contributed by atoms with Gasteiger partial charge in [-0.25, -0.2) is 9.59 Å². The Balaban J connectivity index is 2.03. The summed E-state index contributed by atoms with van der Waals surface area (Å²) in [6, 6.07) is 6.63. The molecule has 1 saturated heterocycles. The minimum absolute atomic E-state index is 0.150. The number of cyclic esters (lactones) is 2. The average Bonchev–Trinajstić information content (AvgIpc) is 2.51. The maximum absolute atomic E-state index is 11.8. The van der Waals surface area contributed by atoms with Gasteiger partial charge in [0.05, 0.1) is 0 Å². The molecule has 0 atom stereocenters. The predicted octanol–water partition coefficient (Wildman–Crippen LogP) is 1.96. The van der Waals surface area contributed by atoms with E-state index in [1.165, 1.54) is 20.0 Å². The first-order valence-electron chi connectivity index (χ1n) is 7.64. The number of hydrogen-bond donors (Lipinski definition) is 2. The molecule has 1 aliphatic heterocycles. The number of carbonyl (C=O) groups is 3. The summed E-state index contributed by atoms with van der Waals surface area (Å²) in [5, 5.41) is 5.59. The Hall–Kier alpha value is -2.83. The second kappa shape index (κ2) is 7.16. The maximum atomic E-state index is 11.8. The van der Waals surface area contributed by atoms with Gasteiger partial charge < -0.3 is 20.1 Å². The number of benzene rings is 1. The van der Waals surface area contributed by atoms with Crippen LogP contribution >= 0.6 is 0 Å². The molecule has 0 radical (unpaired) electrons. The third-order valence-electron chi connectivity index (χ3n) is 3.18. The van der Waals surface area contributed by atoms with Crippen molar-refractivity contribution < 1.29 is 23.9 Å². The Bertz CT molecular complexity index is 655. The van der Waals surface area contributed by atoms with Crippen molar-refractivity contribution in [2.24, 2.45) is 0 Å². The Kier molecular flexibility index (Phi) is 5.23. The van der Waals surface area contributed by atoms with Crippen molar-refractivity contribution in [2.75, 3.05) is 11.9 Å². The summed E-state index contributed by atoms with van der Waals surface area (Å²) in [6.45, 7) is 5.55. The van der Waals surface area contributed by atoms with Gasteiger partial charge in [-0.1, -0.05) is 6.92 Å². The fourth-order valence-electron chi connectivity index (χ4n) is 1.99. The van der Waals surface area contributed by atoms with E-state index >= 15 is 0 Å². The highest BCUT2D eigenvalue weighted by Crippen LogP contribution is 2.22. The molecule has 2 N–H and O–H groups in total. The molecule has 2 rings (SSSR count). The number of hydrogen-bond acceptors (Lipinski definition) is 6. The van der Waals surface area contributed by atoms with Crippen LogP contribution < -0.4 is 10.6 Å². The van der Waals surface area contributed by atoms with E-state index in [0.717, 1.165) is 6.42 Å². The van der Waals surface area contributed by atoms with Crippen LogP contribution in [0.2, 0.25) is 0 Å². The normalized spacial score (nSPS) is 16.0. The summed E-state index contributed by atoms with van der Waals surface area (Å²) in [5.41, 5.74) is 0.916. The van der Waals surface area contributed by atoms with E-state index in [0.29, 0.717) is 17.8 Å². The summed E-state index contributed by atoms with van der Waals surface area (Å²) in [5.74, 6) is -2.92. The third kappa shape index (κ3) is 4.34. The summed E-state index contributed by atoms with van der Waals surface area (Å²) < 4.78 is 9.98. The number of rotatable bonds is 5. The van der Waals surface area contributed by atoms with E-state index in [1.807, 2.05) is 6.92 Å². The lowest BCUT2D eigenvalue weighted by Gasteiger charge is -2.29. The van der Waals surface area contributed by atoms with Gasteiger partial charge in [-0.2, -0.15) is 0 Å². The molecule has 7 heteroatoms. The Labute approximate surface area is 140 Å². The quantitative estimate of drug-likeness (QED) is 0.486. The summed E-state index contributed by atoms with van der Waals surface area (Å²) in [7, 11) is 0. The van der Waals surface area contributed by atoms with E-state index in [9.17, 15) is 14.4 Å². The smallest absolute Gasteiger partial charge is 0.350 e. The van der Waals surface area contributed by atoms with Crippen molar-refractivity contribution in [3.63, 3.8) is 0 Å². The fourth-order valence-corrected chi connectivity index (χ4v) is 1.99. The van der Waals surface area contributed by atoms with Gasteiger partial charge in [-0.15, -0.1) is 0 Å². The van der Waals surface area contributed by atoms with Crippen LogP contribution in [0.1, 0.15) is 37.6 Å². The number of esters is 2. The standard InChI is InChI=1S/C17H20N2O5/c1-4-9-18-14(20)11-5-7-12(8-6-11)19-10-13-15(21)23-17(2,3)24-16(13)22/h5-8,10,19H,4,9H2,1-3H3,(H,18,20). The molecular weight excluding hydrogens is 312 g/mol. The lowest BCUT2D eigenvalue weighted by atomic mass is 10.2. The lowest BCUT2D eigenvalue weighted by molar-refractivity contribution is -0.222. The van der Waals surface area contributed by atoms with Crippen molar-refractivity contribution in [1.82, 2.24) is 5.32 Å². The number of ether oxygens (including phenoxy) is 2. The van der Waals surface area contributed by atoms with Gasteiger partial charge in [0.15, 0.2) is 5.57 Å². The SMILES string of the molecule is CCCNC(=O)c1ccc(NC=C2C(=O)OC(C)(C)OC2=O)cc1. The molecular formula is C17H20N2O5. The molecule has 1 amide bonds. The molecule has 0 aromatic heterocycles. The topological polar surface area (TPSA) is 93.7 Å². The highest BCUT2D eigenvalue weighted by molar-refractivity contribution is 6.15. The first-order chi connectivity index (χ1) is 11.3. The first-order valence-corrected chi connectivity index (χ1v) is 7.64. The molecule has 128 valence electrons. The van der Waals surface area contributed by atoms with E-state index in [1.54, 1.807) is 24.3 Å². The molecule has 1 aromatic carbocycles. The van der Waals surface area contributed by atoms with Crippen LogP contribution in [0.15, 0.2) is 36.0 Å². The second-order valence-electron chi connectivity index (χ2n) is 5.71. The Morgan fingerprint density at radius 1 is 1.12 bits per heavy atom. The molecule has 1 aromatic rings. The number of nitrogens with one attached hydrogen (secondary N) is 2.